The van der Waals surface area contributed by atoms with Crippen molar-refractivity contribution in [2.45, 2.75) is 63.9 Å². The van der Waals surface area contributed by atoms with E-state index in [9.17, 15) is 5.11 Å². The molecule has 0 aliphatic carbocycles. The Hall–Kier alpha value is 0.270. The van der Waals surface area contributed by atoms with Gasteiger partial charge in [-0.1, -0.05) is 32.1 Å². The summed E-state index contributed by atoms with van der Waals surface area (Å²) in [4.78, 5) is 2.51. The van der Waals surface area contributed by atoms with Crippen molar-refractivity contribution in [2.24, 2.45) is 0 Å². The van der Waals surface area contributed by atoms with Crippen LogP contribution in [0.5, 0.6) is 0 Å². The molecule has 1 heterocycles. The molecule has 0 spiro atoms. The van der Waals surface area contributed by atoms with Crippen LogP contribution in [-0.4, -0.2) is 41.5 Å². The van der Waals surface area contributed by atoms with E-state index in [1.54, 1.807) is 0 Å². The highest BCUT2D eigenvalue weighted by atomic mass is 32.1. The number of aliphatic hydroxyl groups excluding tert-OH is 1. The van der Waals surface area contributed by atoms with E-state index < -0.39 is 0 Å². The summed E-state index contributed by atoms with van der Waals surface area (Å²) in [6.07, 6.45) is 11.4. The minimum absolute atomic E-state index is 0.0296. The van der Waals surface area contributed by atoms with Gasteiger partial charge in [-0.25, -0.2) is 0 Å². The molecule has 0 atom stereocenters. The second-order valence-electron chi connectivity index (χ2n) is 5.27. The number of likely N-dealkylation sites (tertiary alicyclic amines) is 1. The first-order chi connectivity index (χ1) is 8.33. The molecule has 0 aromatic rings. The van der Waals surface area contributed by atoms with E-state index in [0.29, 0.717) is 0 Å². The monoisotopic (exact) mass is 259 g/mol. The number of unbranched alkanes of at least 4 members (excludes halogenated alkanes) is 6. The lowest BCUT2D eigenvalue weighted by Gasteiger charge is -2.29. The number of rotatable bonds is 9. The quantitative estimate of drug-likeness (QED) is 0.491. The van der Waals surface area contributed by atoms with Gasteiger partial charge in [-0.15, -0.1) is 0 Å². The number of thiol groups is 1. The first kappa shape index (κ1) is 15.3. The van der Waals surface area contributed by atoms with Crippen molar-refractivity contribution in [3.8, 4) is 0 Å². The van der Waals surface area contributed by atoms with Gasteiger partial charge in [0.1, 0.15) is 0 Å². The van der Waals surface area contributed by atoms with Crippen LogP contribution in [0, 0.1) is 0 Å². The molecule has 1 saturated heterocycles. The molecule has 1 aliphatic rings. The second kappa shape index (κ2) is 10.2. The largest absolute Gasteiger partial charge is 0.393 e. The van der Waals surface area contributed by atoms with Gasteiger partial charge in [0, 0.05) is 13.1 Å². The summed E-state index contributed by atoms with van der Waals surface area (Å²) in [5, 5.41) is 9.41. The van der Waals surface area contributed by atoms with E-state index in [1.807, 2.05) is 0 Å². The Morgan fingerprint density at radius 1 is 0.882 bits per heavy atom. The minimum atomic E-state index is -0.0296. The fourth-order valence-electron chi connectivity index (χ4n) is 2.47. The van der Waals surface area contributed by atoms with Crippen LogP contribution in [0.2, 0.25) is 0 Å². The molecule has 0 aromatic carbocycles. The van der Waals surface area contributed by atoms with Crippen LogP contribution in [0.25, 0.3) is 0 Å². The summed E-state index contributed by atoms with van der Waals surface area (Å²) >= 11 is 4.22. The van der Waals surface area contributed by atoms with E-state index in [4.69, 9.17) is 0 Å². The number of piperidine rings is 1. The van der Waals surface area contributed by atoms with Gasteiger partial charge < -0.3 is 10.0 Å². The molecule has 0 aromatic heterocycles. The maximum absolute atomic E-state index is 9.41. The molecule has 1 rings (SSSR count). The van der Waals surface area contributed by atoms with Crippen LogP contribution in [-0.2, 0) is 0 Å². The van der Waals surface area contributed by atoms with Crippen molar-refractivity contribution in [2.75, 3.05) is 25.4 Å². The van der Waals surface area contributed by atoms with Gasteiger partial charge in [0.25, 0.3) is 0 Å². The van der Waals surface area contributed by atoms with Gasteiger partial charge in [-0.2, -0.15) is 12.6 Å². The predicted molar refractivity (Wildman–Crippen MR) is 77.9 cm³/mol. The predicted octanol–water partition coefficient (Wildman–Crippen LogP) is 3.10. The standard InChI is InChI=1S/C14H29NOS/c16-14-8-11-15(12-9-14)10-6-4-2-1-3-5-7-13-17/h14,16-17H,1-13H2. The molecule has 1 N–H and O–H groups in total. The molecule has 0 radical (unpaired) electrons. The van der Waals surface area contributed by atoms with Gasteiger partial charge in [-0.3, -0.25) is 0 Å². The molecule has 2 nitrogen and oxygen atoms in total. The Morgan fingerprint density at radius 2 is 1.41 bits per heavy atom. The Bertz CT molecular complexity index is 170. The SMILES string of the molecule is OC1CCN(CCCCCCCCCS)CC1. The first-order valence-corrected chi connectivity index (χ1v) is 7.97. The summed E-state index contributed by atoms with van der Waals surface area (Å²) in [7, 11) is 0. The van der Waals surface area contributed by atoms with Crippen LogP contribution in [0.3, 0.4) is 0 Å². The van der Waals surface area contributed by atoms with E-state index >= 15 is 0 Å². The maximum Gasteiger partial charge on any atom is 0.0564 e. The molecule has 3 heteroatoms. The lowest BCUT2D eigenvalue weighted by molar-refractivity contribution is 0.0817. The van der Waals surface area contributed by atoms with Crippen molar-refractivity contribution < 1.29 is 5.11 Å². The topological polar surface area (TPSA) is 23.5 Å². The summed E-state index contributed by atoms with van der Waals surface area (Å²) in [5.41, 5.74) is 0. The van der Waals surface area contributed by atoms with Gasteiger partial charge >= 0.3 is 0 Å². The summed E-state index contributed by atoms with van der Waals surface area (Å²) in [6, 6.07) is 0. The zero-order valence-corrected chi connectivity index (χ0v) is 12.0. The number of hydrogen-bond donors (Lipinski definition) is 2. The van der Waals surface area contributed by atoms with Gasteiger partial charge in [-0.05, 0) is 38.0 Å². The fraction of sp³-hybridized carbons (Fsp3) is 1.00. The zero-order chi connectivity index (χ0) is 12.3. The summed E-state index contributed by atoms with van der Waals surface area (Å²) < 4.78 is 0. The highest BCUT2D eigenvalue weighted by Crippen LogP contribution is 2.12. The molecule has 0 unspecified atom stereocenters. The summed E-state index contributed by atoms with van der Waals surface area (Å²) in [6.45, 7) is 3.44. The average Bonchev–Trinajstić information content (AvgIpc) is 2.35. The van der Waals surface area contributed by atoms with Crippen molar-refractivity contribution in [3.05, 3.63) is 0 Å². The van der Waals surface area contributed by atoms with E-state index in [0.717, 1.165) is 31.7 Å². The molecule has 0 saturated carbocycles. The maximum atomic E-state index is 9.41. The number of nitrogens with zero attached hydrogens (tertiary/aromatic N) is 1. The zero-order valence-electron chi connectivity index (χ0n) is 11.1. The van der Waals surface area contributed by atoms with Crippen molar-refractivity contribution in [1.29, 1.82) is 0 Å². The molecule has 1 fully saturated rings. The highest BCUT2D eigenvalue weighted by Gasteiger charge is 2.15. The van der Waals surface area contributed by atoms with Gasteiger partial charge in [0.15, 0.2) is 0 Å². The summed E-state index contributed by atoms with van der Waals surface area (Å²) in [5.74, 6) is 1.04. The molecule has 0 bridgehead atoms. The third kappa shape index (κ3) is 8.06. The van der Waals surface area contributed by atoms with Crippen LogP contribution in [0.15, 0.2) is 0 Å². The molecule has 102 valence electrons. The molecule has 0 amide bonds. The second-order valence-corrected chi connectivity index (χ2v) is 5.72. The highest BCUT2D eigenvalue weighted by molar-refractivity contribution is 7.80. The smallest absolute Gasteiger partial charge is 0.0564 e. The van der Waals surface area contributed by atoms with Crippen LogP contribution in [0.4, 0.5) is 0 Å². The van der Waals surface area contributed by atoms with Crippen LogP contribution < -0.4 is 0 Å². The minimum Gasteiger partial charge on any atom is -0.393 e. The molecule has 1 aliphatic heterocycles. The van der Waals surface area contributed by atoms with Crippen molar-refractivity contribution in [3.63, 3.8) is 0 Å². The third-order valence-electron chi connectivity index (χ3n) is 3.69. The van der Waals surface area contributed by atoms with E-state index in [1.165, 1.54) is 51.5 Å². The van der Waals surface area contributed by atoms with Crippen molar-refractivity contribution in [1.82, 2.24) is 4.90 Å². The van der Waals surface area contributed by atoms with Crippen LogP contribution in [0.1, 0.15) is 57.8 Å². The van der Waals surface area contributed by atoms with E-state index in [-0.39, 0.29) is 6.10 Å². The fourth-order valence-corrected chi connectivity index (χ4v) is 2.70. The lowest BCUT2D eigenvalue weighted by Crippen LogP contribution is -2.36. The van der Waals surface area contributed by atoms with Gasteiger partial charge in [0.2, 0.25) is 0 Å². The van der Waals surface area contributed by atoms with Crippen molar-refractivity contribution >= 4 is 12.6 Å². The Kier molecular flexibility index (Phi) is 9.21. The van der Waals surface area contributed by atoms with Gasteiger partial charge in [0.05, 0.1) is 6.10 Å². The van der Waals surface area contributed by atoms with Crippen LogP contribution >= 0.6 is 12.6 Å². The Labute approximate surface area is 112 Å². The Balaban J connectivity index is 1.81. The molecular formula is C14H29NOS. The van der Waals surface area contributed by atoms with E-state index in [2.05, 4.69) is 17.5 Å². The Morgan fingerprint density at radius 3 is 2.00 bits per heavy atom. The third-order valence-corrected chi connectivity index (χ3v) is 4.01. The lowest BCUT2D eigenvalue weighted by atomic mass is 10.1. The first-order valence-electron chi connectivity index (χ1n) is 7.34. The number of aliphatic hydroxyl groups is 1. The number of hydrogen-bond acceptors (Lipinski definition) is 3. The normalized spacial score (nSPS) is 18.7. The average molecular weight is 259 g/mol. The molecule has 17 heavy (non-hydrogen) atoms. The molecular weight excluding hydrogens is 230 g/mol.